The number of nitrogens with one attached hydrogen (secondary N) is 1. The summed E-state index contributed by atoms with van der Waals surface area (Å²) in [6.07, 6.45) is -5.83. The van der Waals surface area contributed by atoms with Gasteiger partial charge in [-0.3, -0.25) is 14.9 Å². The van der Waals surface area contributed by atoms with Crippen LogP contribution in [0.3, 0.4) is 0 Å². The quantitative estimate of drug-likeness (QED) is 0.564. The molecule has 0 saturated heterocycles. The first-order valence-electron chi connectivity index (χ1n) is 7.58. The molecule has 2 aromatic rings. The number of ether oxygens (including phenoxy) is 1. The van der Waals surface area contributed by atoms with Gasteiger partial charge in [0.2, 0.25) is 0 Å². The van der Waals surface area contributed by atoms with Gasteiger partial charge in [0.15, 0.2) is 11.9 Å². The molecular formula is C17H14ClF3N2O4. The molecule has 1 amide bonds. The zero-order chi connectivity index (χ0) is 20.4. The van der Waals surface area contributed by atoms with E-state index in [0.717, 1.165) is 12.1 Å². The lowest BCUT2D eigenvalue weighted by Gasteiger charge is -2.16. The molecule has 0 aliphatic rings. The lowest BCUT2D eigenvalue weighted by Crippen LogP contribution is -2.30. The molecule has 0 heterocycles. The Morgan fingerprint density at radius 3 is 2.52 bits per heavy atom. The van der Waals surface area contributed by atoms with Crippen molar-refractivity contribution >= 4 is 28.9 Å². The summed E-state index contributed by atoms with van der Waals surface area (Å²) < 4.78 is 43.7. The van der Waals surface area contributed by atoms with Crippen molar-refractivity contribution in [2.75, 3.05) is 5.32 Å². The van der Waals surface area contributed by atoms with Gasteiger partial charge in [0, 0.05) is 6.07 Å². The minimum absolute atomic E-state index is 0.0927. The molecule has 0 aliphatic heterocycles. The minimum Gasteiger partial charge on any atom is -0.474 e. The number of hydrogen-bond donors (Lipinski definition) is 1. The first-order valence-corrected chi connectivity index (χ1v) is 7.96. The number of benzene rings is 2. The molecule has 0 unspecified atom stereocenters. The number of nitrogens with zero attached hydrogens (tertiary/aromatic N) is 1. The number of halogens is 4. The molecule has 2 aromatic carbocycles. The Hall–Kier alpha value is -2.81. The van der Waals surface area contributed by atoms with E-state index in [1.165, 1.54) is 19.1 Å². The third-order valence-electron chi connectivity index (χ3n) is 3.54. The Morgan fingerprint density at radius 2 is 1.93 bits per heavy atom. The van der Waals surface area contributed by atoms with Crippen molar-refractivity contribution in [1.82, 2.24) is 0 Å². The summed E-state index contributed by atoms with van der Waals surface area (Å²) in [6, 6.07) is 6.68. The third kappa shape index (κ3) is 5.10. The number of amides is 1. The summed E-state index contributed by atoms with van der Waals surface area (Å²) in [4.78, 5) is 22.7. The standard InChI is InChI=1S/C17H14ClF3N2O4/c1-9-3-6-15(14(7-9)23(25)26)27-10(2)16(24)22-13-8-11(17(19,20)21)4-5-12(13)18/h3-8,10H,1-2H3,(H,22,24)/t10-/m0/s1. The van der Waals surface area contributed by atoms with Gasteiger partial charge in [-0.1, -0.05) is 17.7 Å². The van der Waals surface area contributed by atoms with Gasteiger partial charge < -0.3 is 10.1 Å². The summed E-state index contributed by atoms with van der Waals surface area (Å²) in [6.45, 7) is 2.96. The molecule has 0 spiro atoms. The Bertz CT molecular complexity index is 887. The number of nitro benzene ring substituents is 1. The first kappa shape index (κ1) is 20.5. The Balaban J connectivity index is 2.19. The fourth-order valence-electron chi connectivity index (χ4n) is 2.15. The SMILES string of the molecule is Cc1ccc(O[C@@H](C)C(=O)Nc2cc(C(F)(F)F)ccc2Cl)c([N+](=O)[O-])c1. The second-order valence-corrected chi connectivity index (χ2v) is 6.08. The highest BCUT2D eigenvalue weighted by Gasteiger charge is 2.31. The number of carbonyl (C=O) groups is 1. The van der Waals surface area contributed by atoms with Gasteiger partial charge >= 0.3 is 11.9 Å². The number of aryl methyl sites for hydroxylation is 1. The average Bonchev–Trinajstić information content (AvgIpc) is 2.57. The predicted molar refractivity (Wildman–Crippen MR) is 93.0 cm³/mol. The predicted octanol–water partition coefficient (Wildman–Crippen LogP) is 4.98. The summed E-state index contributed by atoms with van der Waals surface area (Å²) in [7, 11) is 0. The molecule has 1 atom stereocenters. The van der Waals surface area contributed by atoms with Crippen molar-refractivity contribution in [3.8, 4) is 5.75 Å². The van der Waals surface area contributed by atoms with Gasteiger partial charge in [0.25, 0.3) is 5.91 Å². The van der Waals surface area contributed by atoms with E-state index in [9.17, 15) is 28.1 Å². The minimum atomic E-state index is -4.60. The fraction of sp³-hybridized carbons (Fsp3) is 0.235. The van der Waals surface area contributed by atoms with Gasteiger partial charge in [-0.05, 0) is 43.7 Å². The topological polar surface area (TPSA) is 81.5 Å². The number of hydrogen-bond acceptors (Lipinski definition) is 4. The number of alkyl halides is 3. The highest BCUT2D eigenvalue weighted by Crippen LogP contribution is 2.34. The lowest BCUT2D eigenvalue weighted by atomic mass is 10.2. The second kappa shape index (κ2) is 7.83. The van der Waals surface area contributed by atoms with E-state index in [-0.39, 0.29) is 22.1 Å². The molecule has 6 nitrogen and oxygen atoms in total. The molecule has 144 valence electrons. The van der Waals surface area contributed by atoms with Crippen LogP contribution < -0.4 is 10.1 Å². The van der Waals surface area contributed by atoms with E-state index in [4.69, 9.17) is 16.3 Å². The molecule has 0 aliphatic carbocycles. The summed E-state index contributed by atoms with van der Waals surface area (Å²) in [5.74, 6) is -0.950. The second-order valence-electron chi connectivity index (χ2n) is 5.67. The van der Waals surface area contributed by atoms with Crippen LogP contribution >= 0.6 is 11.6 Å². The molecule has 0 fully saturated rings. The maximum Gasteiger partial charge on any atom is 0.416 e. The average molecular weight is 403 g/mol. The number of nitro groups is 1. The smallest absolute Gasteiger partial charge is 0.416 e. The van der Waals surface area contributed by atoms with Crippen molar-refractivity contribution in [2.45, 2.75) is 26.1 Å². The molecule has 2 rings (SSSR count). The molecule has 27 heavy (non-hydrogen) atoms. The Morgan fingerprint density at radius 1 is 1.26 bits per heavy atom. The van der Waals surface area contributed by atoms with E-state index < -0.39 is 28.7 Å². The Kier molecular flexibility index (Phi) is 5.94. The fourth-order valence-corrected chi connectivity index (χ4v) is 2.31. The van der Waals surface area contributed by atoms with Crippen LogP contribution in [0, 0.1) is 17.0 Å². The third-order valence-corrected chi connectivity index (χ3v) is 3.87. The van der Waals surface area contributed by atoms with Gasteiger partial charge in [-0.15, -0.1) is 0 Å². The molecule has 0 radical (unpaired) electrons. The lowest BCUT2D eigenvalue weighted by molar-refractivity contribution is -0.386. The zero-order valence-corrected chi connectivity index (χ0v) is 14.9. The van der Waals surface area contributed by atoms with Gasteiger partial charge in [-0.2, -0.15) is 13.2 Å². The summed E-state index contributed by atoms with van der Waals surface area (Å²) in [5, 5.41) is 13.2. The number of carbonyl (C=O) groups excluding carboxylic acids is 1. The van der Waals surface area contributed by atoms with Crippen LogP contribution in [0.5, 0.6) is 5.75 Å². The van der Waals surface area contributed by atoms with Crippen LogP contribution in [0.25, 0.3) is 0 Å². The maximum atomic E-state index is 12.8. The first-order chi connectivity index (χ1) is 12.5. The largest absolute Gasteiger partial charge is 0.474 e. The van der Waals surface area contributed by atoms with Crippen LogP contribution in [0.4, 0.5) is 24.5 Å². The van der Waals surface area contributed by atoms with Crippen molar-refractivity contribution in [3.05, 3.63) is 62.7 Å². The van der Waals surface area contributed by atoms with Crippen molar-refractivity contribution < 1.29 is 27.6 Å². The highest BCUT2D eigenvalue weighted by atomic mass is 35.5. The van der Waals surface area contributed by atoms with Gasteiger partial charge in [0.05, 0.1) is 21.2 Å². The van der Waals surface area contributed by atoms with Crippen molar-refractivity contribution in [1.29, 1.82) is 0 Å². The van der Waals surface area contributed by atoms with E-state index in [2.05, 4.69) is 5.32 Å². The number of rotatable bonds is 5. The zero-order valence-electron chi connectivity index (χ0n) is 14.1. The molecule has 0 aromatic heterocycles. The van der Waals surface area contributed by atoms with E-state index in [1.807, 2.05) is 0 Å². The molecule has 0 saturated carbocycles. The van der Waals surface area contributed by atoms with E-state index in [0.29, 0.717) is 11.6 Å². The van der Waals surface area contributed by atoms with Crippen LogP contribution in [0.15, 0.2) is 36.4 Å². The van der Waals surface area contributed by atoms with Crippen LogP contribution in [-0.2, 0) is 11.0 Å². The maximum absolute atomic E-state index is 12.8. The summed E-state index contributed by atoms with van der Waals surface area (Å²) in [5.41, 5.74) is -0.927. The molecular weight excluding hydrogens is 389 g/mol. The van der Waals surface area contributed by atoms with Gasteiger partial charge in [-0.25, -0.2) is 0 Å². The molecule has 0 bridgehead atoms. The normalized spacial score (nSPS) is 12.4. The van der Waals surface area contributed by atoms with Crippen LogP contribution in [-0.4, -0.2) is 16.9 Å². The highest BCUT2D eigenvalue weighted by molar-refractivity contribution is 6.33. The van der Waals surface area contributed by atoms with Crippen molar-refractivity contribution in [2.24, 2.45) is 0 Å². The van der Waals surface area contributed by atoms with Crippen molar-refractivity contribution in [3.63, 3.8) is 0 Å². The molecule has 1 N–H and O–H groups in total. The van der Waals surface area contributed by atoms with Gasteiger partial charge in [0.1, 0.15) is 0 Å². The Labute approximate surface area is 157 Å². The van der Waals surface area contributed by atoms with E-state index >= 15 is 0 Å². The molecule has 10 heteroatoms. The number of anilines is 1. The summed E-state index contributed by atoms with van der Waals surface area (Å²) >= 11 is 5.83. The van der Waals surface area contributed by atoms with Crippen LogP contribution in [0.2, 0.25) is 5.02 Å². The van der Waals surface area contributed by atoms with Crippen LogP contribution in [0.1, 0.15) is 18.1 Å². The van der Waals surface area contributed by atoms with E-state index in [1.54, 1.807) is 13.0 Å². The monoisotopic (exact) mass is 402 g/mol.